The maximum absolute atomic E-state index is 12.3. The van der Waals surface area contributed by atoms with E-state index in [1.165, 1.54) is 0 Å². The zero-order chi connectivity index (χ0) is 17.3. The van der Waals surface area contributed by atoms with Crippen LogP contribution >= 0.6 is 0 Å². The number of alkyl halides is 3. The van der Waals surface area contributed by atoms with Gasteiger partial charge in [-0.25, -0.2) is 16.8 Å². The summed E-state index contributed by atoms with van der Waals surface area (Å²) < 4.78 is 88.9. The van der Waals surface area contributed by atoms with Gasteiger partial charge >= 0.3 is 5.51 Å². The van der Waals surface area contributed by atoms with Gasteiger partial charge in [0.1, 0.15) is 0 Å². The molecular formula is C11H15F3NO6S2-. The molecule has 2 unspecified atom stereocenters. The molecule has 0 aromatic carbocycles. The zero-order valence-electron chi connectivity index (χ0n) is 11.8. The van der Waals surface area contributed by atoms with Crippen molar-refractivity contribution in [2.45, 2.75) is 55.2 Å². The number of hydrogen-bond donors (Lipinski definition) is 1. The molecule has 4 rings (SSSR count). The van der Waals surface area contributed by atoms with Crippen LogP contribution < -0.4 is 0 Å². The van der Waals surface area contributed by atoms with Gasteiger partial charge < -0.3 is 9.23 Å². The van der Waals surface area contributed by atoms with E-state index in [0.29, 0.717) is 12.8 Å². The van der Waals surface area contributed by atoms with Crippen LogP contribution in [0.4, 0.5) is 13.2 Å². The summed E-state index contributed by atoms with van der Waals surface area (Å²) in [4.78, 5) is 0. The lowest BCUT2D eigenvalue weighted by atomic mass is 9.52. The molecule has 134 valence electrons. The number of halogens is 3. The highest BCUT2D eigenvalue weighted by atomic mass is 32.3. The number of nitrogens with zero attached hydrogens (tertiary/aromatic N) is 1. The number of hydrogen-bond acceptors (Lipinski definition) is 6. The number of sulfonamides is 1. The van der Waals surface area contributed by atoms with Gasteiger partial charge in [-0.1, -0.05) is 0 Å². The highest BCUT2D eigenvalue weighted by Crippen LogP contribution is 2.59. The third kappa shape index (κ3) is 3.23. The predicted octanol–water partition coefficient (Wildman–Crippen LogP) is 1.55. The molecule has 4 saturated carbocycles. The Kier molecular flexibility index (Phi) is 3.64. The van der Waals surface area contributed by atoms with E-state index in [2.05, 4.69) is 0 Å². The van der Waals surface area contributed by atoms with Gasteiger partial charge in [0.2, 0.25) is 10.3 Å². The topological polar surface area (TPSA) is 112 Å². The Hall–Kier alpha value is -0.430. The Morgan fingerprint density at radius 3 is 2.00 bits per heavy atom. The molecule has 12 heteroatoms. The quantitative estimate of drug-likeness (QED) is 0.794. The van der Waals surface area contributed by atoms with Crippen LogP contribution in [0.1, 0.15) is 38.5 Å². The Morgan fingerprint density at radius 1 is 1.04 bits per heavy atom. The predicted molar refractivity (Wildman–Crippen MR) is 70.7 cm³/mol. The van der Waals surface area contributed by atoms with Crippen molar-refractivity contribution in [3.8, 4) is 0 Å². The molecule has 23 heavy (non-hydrogen) atoms. The van der Waals surface area contributed by atoms with Gasteiger partial charge in [-0.3, -0.25) is 4.18 Å². The highest BCUT2D eigenvalue weighted by Gasteiger charge is 2.59. The monoisotopic (exact) mass is 378 g/mol. The third-order valence-corrected chi connectivity index (χ3v) is 7.40. The summed E-state index contributed by atoms with van der Waals surface area (Å²) in [7, 11) is -11.5. The normalized spacial score (nSPS) is 40.5. The molecule has 0 aromatic rings. The fourth-order valence-corrected chi connectivity index (χ4v) is 6.69. The Bertz CT molecular complexity index is 703. The number of aliphatic hydroxyl groups is 1. The van der Waals surface area contributed by atoms with Gasteiger partial charge in [0.05, 0.1) is 11.2 Å². The average Bonchev–Trinajstić information content (AvgIpc) is 2.18. The first-order chi connectivity index (χ1) is 10.2. The van der Waals surface area contributed by atoms with Crippen LogP contribution in [0, 0.1) is 11.8 Å². The molecule has 0 aromatic heterocycles. The molecule has 4 fully saturated rings. The summed E-state index contributed by atoms with van der Waals surface area (Å²) in [6.07, 6.45) is 2.25. The van der Waals surface area contributed by atoms with E-state index in [0.717, 1.165) is 6.42 Å². The molecule has 0 aliphatic heterocycles. The Morgan fingerprint density at radius 2 is 1.57 bits per heavy atom. The molecule has 4 bridgehead atoms. The van der Waals surface area contributed by atoms with Crippen molar-refractivity contribution in [3.05, 3.63) is 4.13 Å². The van der Waals surface area contributed by atoms with Crippen molar-refractivity contribution in [3.63, 3.8) is 0 Å². The van der Waals surface area contributed by atoms with Crippen molar-refractivity contribution < 1.29 is 39.3 Å². The molecule has 4 aliphatic carbocycles. The Labute approximate surface area is 131 Å². The lowest BCUT2D eigenvalue weighted by molar-refractivity contribution is -0.186. The average molecular weight is 378 g/mol. The summed E-state index contributed by atoms with van der Waals surface area (Å²) in [5.41, 5.74) is -8.30. The molecule has 1 N–H and O–H groups in total. The molecule has 0 saturated heterocycles. The van der Waals surface area contributed by atoms with Crippen LogP contribution in [0.25, 0.3) is 4.13 Å². The molecule has 0 heterocycles. The first kappa shape index (κ1) is 17.4. The third-order valence-electron chi connectivity index (χ3n) is 4.74. The van der Waals surface area contributed by atoms with Crippen molar-refractivity contribution >= 4 is 20.3 Å². The molecule has 0 amide bonds. The highest BCUT2D eigenvalue weighted by molar-refractivity contribution is 8.10. The van der Waals surface area contributed by atoms with Gasteiger partial charge in [-0.15, -0.1) is 0 Å². The van der Waals surface area contributed by atoms with Crippen LogP contribution in [0.5, 0.6) is 0 Å². The Balaban J connectivity index is 1.81. The van der Waals surface area contributed by atoms with Crippen molar-refractivity contribution in [2.24, 2.45) is 11.8 Å². The molecule has 2 atom stereocenters. The van der Waals surface area contributed by atoms with Gasteiger partial charge in [-0.2, -0.15) is 13.2 Å². The maximum atomic E-state index is 12.3. The van der Waals surface area contributed by atoms with Crippen LogP contribution in [0.15, 0.2) is 0 Å². The second-order valence-electron chi connectivity index (χ2n) is 6.87. The van der Waals surface area contributed by atoms with Crippen molar-refractivity contribution in [1.29, 1.82) is 0 Å². The number of rotatable bonds is 4. The van der Waals surface area contributed by atoms with Gasteiger partial charge in [0, 0.05) is 6.42 Å². The first-order valence-corrected chi connectivity index (χ1v) is 9.77. The molecule has 0 radical (unpaired) electrons. The molecular weight excluding hydrogens is 363 g/mol. The minimum atomic E-state index is -6.20. The van der Waals surface area contributed by atoms with Gasteiger partial charge in [0.15, 0.2) is 10.0 Å². The van der Waals surface area contributed by atoms with Crippen molar-refractivity contribution in [1.82, 2.24) is 0 Å². The van der Waals surface area contributed by atoms with Crippen LogP contribution in [-0.2, 0) is 24.5 Å². The van der Waals surface area contributed by atoms with E-state index in [4.69, 9.17) is 4.18 Å². The second-order valence-corrected chi connectivity index (χ2v) is 9.91. The van der Waals surface area contributed by atoms with Gasteiger partial charge in [0.25, 0.3) is 0 Å². The summed E-state index contributed by atoms with van der Waals surface area (Å²) in [5, 5.41) is 10.4. The molecule has 0 spiro atoms. The smallest absolute Gasteiger partial charge is 0.404 e. The van der Waals surface area contributed by atoms with E-state index in [1.807, 2.05) is 4.13 Å². The van der Waals surface area contributed by atoms with E-state index >= 15 is 0 Å². The largest absolute Gasteiger partial charge is 0.480 e. The minimum Gasteiger partial charge on any atom is -0.404 e. The second kappa shape index (κ2) is 4.81. The van der Waals surface area contributed by atoms with Crippen LogP contribution in [-0.4, -0.2) is 38.7 Å². The van der Waals surface area contributed by atoms with E-state index in [9.17, 15) is 35.1 Å². The van der Waals surface area contributed by atoms with E-state index in [1.54, 1.807) is 0 Å². The lowest BCUT2D eigenvalue weighted by Crippen LogP contribution is -2.60. The standard InChI is InChI=1S/C11H15F3NO6S2/c12-11(13,14)22(17,18)15-23(19,20)21-10-4-7-1-8(5-10)3-9(16,2-7)6-10/h7-8,16H,1-6H2/q-1. The minimum absolute atomic E-state index is 0.00988. The zero-order valence-corrected chi connectivity index (χ0v) is 13.4. The lowest BCUT2D eigenvalue weighted by Gasteiger charge is -2.59. The molecule has 4 aliphatic rings. The first-order valence-electron chi connectivity index (χ1n) is 6.97. The van der Waals surface area contributed by atoms with Crippen LogP contribution in [0.3, 0.4) is 0 Å². The fourth-order valence-electron chi connectivity index (χ4n) is 4.63. The fraction of sp³-hybridized carbons (Fsp3) is 1.00. The maximum Gasteiger partial charge on any atom is 0.480 e. The summed E-state index contributed by atoms with van der Waals surface area (Å²) in [5.74, 6) is 0.0198. The van der Waals surface area contributed by atoms with Crippen molar-refractivity contribution in [2.75, 3.05) is 0 Å². The summed E-state index contributed by atoms with van der Waals surface area (Å²) in [6.45, 7) is 0. The molecule has 7 nitrogen and oxygen atoms in total. The van der Waals surface area contributed by atoms with Gasteiger partial charge in [-0.05, 0) is 43.9 Å². The summed E-state index contributed by atoms with van der Waals surface area (Å²) in [6, 6.07) is 0. The van der Waals surface area contributed by atoms with Crippen LogP contribution in [0.2, 0.25) is 0 Å². The van der Waals surface area contributed by atoms with E-state index in [-0.39, 0.29) is 31.1 Å². The SMILES string of the molecule is O=S(=O)([N-]S(=O)(=O)C(F)(F)F)OC12CC3CC(CC(O)(C3)C1)C2. The van der Waals surface area contributed by atoms with E-state index < -0.39 is 37.0 Å². The summed E-state index contributed by atoms with van der Waals surface area (Å²) >= 11 is 0.